The number of carbonyl (C=O) groups excluding carboxylic acids is 3. The minimum absolute atomic E-state index is 0.0670. The molecule has 2 amide bonds. The largest absolute Gasteiger partial charge is 0.343 e. The van der Waals surface area contributed by atoms with Crippen molar-refractivity contribution in [2.45, 2.75) is 45.1 Å². The van der Waals surface area contributed by atoms with Gasteiger partial charge in [-0.05, 0) is 44.9 Å². The average molecular weight is 359 g/mol. The topological polar surface area (TPSA) is 69.7 Å². The van der Waals surface area contributed by atoms with Gasteiger partial charge in [-0.25, -0.2) is 0 Å². The van der Waals surface area contributed by atoms with Gasteiger partial charge in [-0.15, -0.1) is 0 Å². The van der Waals surface area contributed by atoms with Gasteiger partial charge in [0.15, 0.2) is 0 Å². The van der Waals surface area contributed by atoms with Crippen LogP contribution in [0.3, 0.4) is 0 Å². The summed E-state index contributed by atoms with van der Waals surface area (Å²) in [7, 11) is 2.12. The van der Waals surface area contributed by atoms with Gasteiger partial charge in [0.05, 0.1) is 0 Å². The molecule has 2 rings (SSSR count). The molecule has 1 saturated heterocycles. The van der Waals surface area contributed by atoms with Crippen LogP contribution in [0.15, 0.2) is 24.3 Å². The molecule has 1 aromatic rings. The fourth-order valence-corrected chi connectivity index (χ4v) is 3.42. The van der Waals surface area contributed by atoms with Crippen molar-refractivity contribution in [3.63, 3.8) is 0 Å². The maximum Gasteiger partial charge on any atom is 0.223 e. The van der Waals surface area contributed by atoms with E-state index in [9.17, 15) is 14.4 Å². The molecule has 0 unspecified atom stereocenters. The number of benzene rings is 1. The molecule has 6 nitrogen and oxygen atoms in total. The lowest BCUT2D eigenvalue weighted by atomic mass is 10.0. The Morgan fingerprint density at radius 3 is 2.58 bits per heavy atom. The number of piperidine rings is 1. The molecule has 0 bridgehead atoms. The van der Waals surface area contributed by atoms with Gasteiger partial charge in [0, 0.05) is 44.2 Å². The predicted octanol–water partition coefficient (Wildman–Crippen LogP) is 2.09. The minimum Gasteiger partial charge on any atom is -0.343 e. The Kier molecular flexibility index (Phi) is 7.78. The van der Waals surface area contributed by atoms with Crippen LogP contribution in [0.2, 0.25) is 0 Å². The lowest BCUT2D eigenvalue weighted by Gasteiger charge is -2.37. The minimum atomic E-state index is 0.0670. The molecule has 0 radical (unpaired) electrons. The number of nitrogens with zero attached hydrogens (tertiary/aromatic N) is 2. The Morgan fingerprint density at radius 2 is 1.92 bits per heavy atom. The molecule has 0 aliphatic carbocycles. The highest BCUT2D eigenvalue weighted by atomic mass is 16.2. The molecule has 1 aliphatic rings. The summed E-state index contributed by atoms with van der Waals surface area (Å²) >= 11 is 0. The standard InChI is InChI=1S/C20H29N3O3/c1-16(25)7-8-20(26)23-13-10-18(11-14-23)22(2)12-9-17-5-3-4-6-19(17)21-15-24/h3-6,15,18H,7-14H2,1-2H3,(H,21,24). The van der Waals surface area contributed by atoms with Crippen molar-refractivity contribution in [2.75, 3.05) is 32.0 Å². The first-order valence-corrected chi connectivity index (χ1v) is 9.26. The summed E-state index contributed by atoms with van der Waals surface area (Å²) in [6, 6.07) is 8.30. The summed E-state index contributed by atoms with van der Waals surface area (Å²) in [6.07, 6.45) is 4.16. The van der Waals surface area contributed by atoms with Crippen LogP contribution in [0.5, 0.6) is 0 Å². The first-order chi connectivity index (χ1) is 12.5. The second-order valence-corrected chi connectivity index (χ2v) is 6.96. The molecular formula is C20H29N3O3. The number of likely N-dealkylation sites (N-methyl/N-ethyl adjacent to an activating group) is 1. The van der Waals surface area contributed by atoms with E-state index in [0.717, 1.165) is 50.1 Å². The van der Waals surface area contributed by atoms with Gasteiger partial charge < -0.3 is 19.9 Å². The number of hydrogen-bond acceptors (Lipinski definition) is 4. The third-order valence-electron chi connectivity index (χ3n) is 5.10. The van der Waals surface area contributed by atoms with Crippen molar-refractivity contribution < 1.29 is 14.4 Å². The number of rotatable bonds is 9. The highest BCUT2D eigenvalue weighted by molar-refractivity contribution is 5.83. The summed E-state index contributed by atoms with van der Waals surface area (Å²) in [6.45, 7) is 3.95. The van der Waals surface area contributed by atoms with Crippen LogP contribution in [0.1, 0.15) is 38.2 Å². The molecule has 0 saturated carbocycles. The van der Waals surface area contributed by atoms with E-state index in [1.165, 1.54) is 6.92 Å². The zero-order valence-corrected chi connectivity index (χ0v) is 15.7. The summed E-state index contributed by atoms with van der Waals surface area (Å²) in [5, 5.41) is 2.75. The normalized spacial score (nSPS) is 15.1. The predicted molar refractivity (Wildman–Crippen MR) is 102 cm³/mol. The molecular weight excluding hydrogens is 330 g/mol. The average Bonchev–Trinajstić information content (AvgIpc) is 2.65. The van der Waals surface area contributed by atoms with Crippen LogP contribution in [0.25, 0.3) is 0 Å². The molecule has 1 aromatic carbocycles. The van der Waals surface area contributed by atoms with E-state index in [2.05, 4.69) is 17.3 Å². The molecule has 0 atom stereocenters. The van der Waals surface area contributed by atoms with Crippen LogP contribution in [0.4, 0.5) is 5.69 Å². The summed E-state index contributed by atoms with van der Waals surface area (Å²) in [4.78, 5) is 38.1. The number of likely N-dealkylation sites (tertiary alicyclic amines) is 1. The Bertz CT molecular complexity index is 624. The van der Waals surface area contributed by atoms with E-state index in [0.29, 0.717) is 25.3 Å². The van der Waals surface area contributed by atoms with Gasteiger partial charge in [0.2, 0.25) is 12.3 Å². The number of para-hydroxylation sites is 1. The van der Waals surface area contributed by atoms with Gasteiger partial charge in [0.1, 0.15) is 5.78 Å². The molecule has 0 aromatic heterocycles. The van der Waals surface area contributed by atoms with Gasteiger partial charge in [-0.1, -0.05) is 18.2 Å². The maximum absolute atomic E-state index is 12.1. The second kappa shape index (κ2) is 10.1. The molecule has 1 heterocycles. The first-order valence-electron chi connectivity index (χ1n) is 9.26. The van der Waals surface area contributed by atoms with E-state index in [-0.39, 0.29) is 11.7 Å². The monoisotopic (exact) mass is 359 g/mol. The molecule has 1 N–H and O–H groups in total. The summed E-state index contributed by atoms with van der Waals surface area (Å²) in [5.74, 6) is 0.160. The fourth-order valence-electron chi connectivity index (χ4n) is 3.42. The summed E-state index contributed by atoms with van der Waals surface area (Å²) < 4.78 is 0. The third kappa shape index (κ3) is 5.95. The van der Waals surface area contributed by atoms with E-state index < -0.39 is 0 Å². The van der Waals surface area contributed by atoms with E-state index in [4.69, 9.17) is 0 Å². The third-order valence-corrected chi connectivity index (χ3v) is 5.10. The maximum atomic E-state index is 12.1. The van der Waals surface area contributed by atoms with Crippen LogP contribution < -0.4 is 5.32 Å². The zero-order valence-electron chi connectivity index (χ0n) is 15.7. The van der Waals surface area contributed by atoms with Crippen molar-refractivity contribution in [1.29, 1.82) is 0 Å². The van der Waals surface area contributed by atoms with Crippen molar-refractivity contribution in [3.8, 4) is 0 Å². The zero-order chi connectivity index (χ0) is 18.9. The van der Waals surface area contributed by atoms with Crippen molar-refractivity contribution in [3.05, 3.63) is 29.8 Å². The first kappa shape index (κ1) is 20.1. The number of nitrogens with one attached hydrogen (secondary N) is 1. The Morgan fingerprint density at radius 1 is 1.23 bits per heavy atom. The number of hydrogen-bond donors (Lipinski definition) is 1. The lowest BCUT2D eigenvalue weighted by molar-refractivity contribution is -0.134. The van der Waals surface area contributed by atoms with Gasteiger partial charge in [-0.2, -0.15) is 0 Å². The van der Waals surface area contributed by atoms with E-state index in [1.54, 1.807) is 0 Å². The van der Waals surface area contributed by atoms with Gasteiger partial charge in [0.25, 0.3) is 0 Å². The smallest absolute Gasteiger partial charge is 0.223 e. The number of amides is 2. The van der Waals surface area contributed by atoms with Crippen LogP contribution in [-0.4, -0.2) is 60.6 Å². The quantitative estimate of drug-likeness (QED) is 0.686. The SMILES string of the molecule is CC(=O)CCC(=O)N1CCC(N(C)CCc2ccccc2NC=O)CC1. The van der Waals surface area contributed by atoms with Crippen LogP contribution in [0, 0.1) is 0 Å². The van der Waals surface area contributed by atoms with Crippen LogP contribution >= 0.6 is 0 Å². The van der Waals surface area contributed by atoms with Gasteiger partial charge in [-0.3, -0.25) is 9.59 Å². The molecule has 26 heavy (non-hydrogen) atoms. The van der Waals surface area contributed by atoms with Crippen LogP contribution in [-0.2, 0) is 20.8 Å². The number of Topliss-reactive ketones (excluding diaryl/α,β-unsaturated/α-hetero) is 1. The Hall–Kier alpha value is -2.21. The molecule has 1 aliphatic heterocycles. The molecule has 0 spiro atoms. The Labute approximate surface area is 155 Å². The summed E-state index contributed by atoms with van der Waals surface area (Å²) in [5.41, 5.74) is 1.99. The van der Waals surface area contributed by atoms with Crippen molar-refractivity contribution in [1.82, 2.24) is 9.80 Å². The fraction of sp³-hybridized carbons (Fsp3) is 0.550. The molecule has 1 fully saturated rings. The van der Waals surface area contributed by atoms with Crippen molar-refractivity contribution in [2.24, 2.45) is 0 Å². The number of carbonyl (C=O) groups is 3. The lowest BCUT2D eigenvalue weighted by Crippen LogP contribution is -2.46. The second-order valence-electron chi connectivity index (χ2n) is 6.96. The van der Waals surface area contributed by atoms with Crippen molar-refractivity contribution >= 4 is 23.8 Å². The highest BCUT2D eigenvalue weighted by Crippen LogP contribution is 2.19. The highest BCUT2D eigenvalue weighted by Gasteiger charge is 2.25. The molecule has 6 heteroatoms. The van der Waals surface area contributed by atoms with E-state index in [1.807, 2.05) is 29.2 Å². The number of anilines is 1. The molecule has 142 valence electrons. The van der Waals surface area contributed by atoms with E-state index >= 15 is 0 Å². The van der Waals surface area contributed by atoms with Gasteiger partial charge >= 0.3 is 0 Å². The Balaban J connectivity index is 1.78. The number of ketones is 1.